The third kappa shape index (κ3) is 5.32. The van der Waals surface area contributed by atoms with Gasteiger partial charge in [-0.2, -0.15) is 10.4 Å². The van der Waals surface area contributed by atoms with Gasteiger partial charge < -0.3 is 11.1 Å². The minimum absolute atomic E-state index is 0.181. The second-order valence-electron chi connectivity index (χ2n) is 10.8. The summed E-state index contributed by atoms with van der Waals surface area (Å²) < 4.78 is 3.86. The van der Waals surface area contributed by atoms with Crippen molar-refractivity contribution in [2.45, 2.75) is 25.4 Å². The Morgan fingerprint density at radius 3 is 2.52 bits per heavy atom. The number of nitrogens with zero attached hydrogens (tertiary/aromatic N) is 10. The number of aromatic nitrogens is 8. The molecule has 12 nitrogen and oxygen atoms in total. The van der Waals surface area contributed by atoms with Gasteiger partial charge in [-0.3, -0.25) is 14.1 Å². The van der Waals surface area contributed by atoms with Crippen molar-refractivity contribution >= 4 is 22.8 Å². The molecule has 7 rings (SSSR count). The van der Waals surface area contributed by atoms with Gasteiger partial charge in [-0.15, -0.1) is 0 Å². The number of rotatable bonds is 7. The first-order valence-corrected chi connectivity index (χ1v) is 14.5. The quantitative estimate of drug-likeness (QED) is 0.280. The molecule has 3 N–H and O–H groups in total. The minimum atomic E-state index is 0.181. The van der Waals surface area contributed by atoms with Crippen molar-refractivity contribution in [3.05, 3.63) is 90.6 Å². The van der Waals surface area contributed by atoms with E-state index in [2.05, 4.69) is 54.5 Å². The fraction of sp³-hybridized carbons (Fsp3) is 0.219. The average molecular weight is 583 g/mol. The van der Waals surface area contributed by atoms with Gasteiger partial charge in [0.05, 0.1) is 17.0 Å². The summed E-state index contributed by atoms with van der Waals surface area (Å²) in [5.74, 6) is 1.98. The zero-order valence-corrected chi connectivity index (χ0v) is 24.2. The summed E-state index contributed by atoms with van der Waals surface area (Å²) >= 11 is 0. The van der Waals surface area contributed by atoms with Gasteiger partial charge in [-0.05, 0) is 66.9 Å². The standard InChI is InChI=1S/C32H30N12/c1-42-27(10-16-37-42)25-8-9-26-32(39-25)44(31(40-26)24-3-2-14-36-30(24)34)23-6-4-21(5-7-23)20-43-17-12-22(13-18-43)38-28-11-15-35-29(19-33)41-28/h2-11,14-16,22H,12-13,17-18,20H2,1H3,(H2,34,36)(H,35,38,41). The highest BCUT2D eigenvalue weighted by Gasteiger charge is 2.21. The van der Waals surface area contributed by atoms with Crippen molar-refractivity contribution in [2.75, 3.05) is 24.1 Å². The van der Waals surface area contributed by atoms with Crippen molar-refractivity contribution in [2.24, 2.45) is 7.05 Å². The number of imidazole rings is 1. The number of benzene rings is 1. The molecule has 1 aromatic carbocycles. The number of pyridine rings is 2. The Hall–Kier alpha value is -5.67. The summed E-state index contributed by atoms with van der Waals surface area (Å²) in [6, 6.07) is 22.4. The van der Waals surface area contributed by atoms with Gasteiger partial charge in [0, 0.05) is 57.0 Å². The second kappa shape index (κ2) is 11.5. The lowest BCUT2D eigenvalue weighted by Gasteiger charge is -2.32. The van der Waals surface area contributed by atoms with Crippen LogP contribution in [0, 0.1) is 11.3 Å². The molecule has 0 atom stereocenters. The number of nitrogens with two attached hydrogens (primary N) is 1. The predicted molar refractivity (Wildman–Crippen MR) is 167 cm³/mol. The molecule has 6 aromatic rings. The second-order valence-corrected chi connectivity index (χ2v) is 10.8. The first-order valence-electron chi connectivity index (χ1n) is 14.5. The number of anilines is 2. The van der Waals surface area contributed by atoms with Crippen molar-refractivity contribution in [1.29, 1.82) is 5.26 Å². The molecule has 0 bridgehead atoms. The molecule has 1 aliphatic rings. The maximum atomic E-state index is 9.07. The molecule has 1 aliphatic heterocycles. The monoisotopic (exact) mass is 582 g/mol. The summed E-state index contributed by atoms with van der Waals surface area (Å²) in [4.78, 5) is 25.0. The molecule has 6 heterocycles. The van der Waals surface area contributed by atoms with E-state index in [0.29, 0.717) is 23.5 Å². The Bertz CT molecular complexity index is 1980. The molecule has 0 saturated carbocycles. The van der Waals surface area contributed by atoms with Crippen LogP contribution in [-0.4, -0.2) is 63.3 Å². The van der Waals surface area contributed by atoms with Crippen LogP contribution in [0.2, 0.25) is 0 Å². The first-order chi connectivity index (χ1) is 21.6. The van der Waals surface area contributed by atoms with E-state index < -0.39 is 0 Å². The van der Waals surface area contributed by atoms with Gasteiger partial charge in [-0.25, -0.2) is 24.9 Å². The summed E-state index contributed by atoms with van der Waals surface area (Å²) in [6.07, 6.45) is 7.04. The van der Waals surface area contributed by atoms with Crippen LogP contribution in [0.25, 0.3) is 39.6 Å². The molecule has 0 amide bonds. The highest BCUT2D eigenvalue weighted by molar-refractivity contribution is 5.84. The number of nitrogens with one attached hydrogen (secondary N) is 1. The zero-order valence-electron chi connectivity index (χ0n) is 24.2. The topological polar surface area (TPSA) is 152 Å². The number of hydrogen-bond acceptors (Lipinski definition) is 10. The summed E-state index contributed by atoms with van der Waals surface area (Å²) in [7, 11) is 1.90. The number of fused-ring (bicyclic) bond motifs is 1. The number of aryl methyl sites for hydroxylation is 1. The lowest BCUT2D eigenvalue weighted by molar-refractivity contribution is 0.211. The van der Waals surface area contributed by atoms with Gasteiger partial charge >= 0.3 is 0 Å². The van der Waals surface area contributed by atoms with Crippen LogP contribution in [0.15, 0.2) is 79.3 Å². The van der Waals surface area contributed by atoms with Gasteiger partial charge in [0.1, 0.15) is 23.2 Å². The van der Waals surface area contributed by atoms with Crippen LogP contribution in [0.5, 0.6) is 0 Å². The van der Waals surface area contributed by atoms with E-state index in [0.717, 1.165) is 66.3 Å². The van der Waals surface area contributed by atoms with Gasteiger partial charge in [0.25, 0.3) is 0 Å². The summed E-state index contributed by atoms with van der Waals surface area (Å²) in [6.45, 7) is 2.79. The van der Waals surface area contributed by atoms with E-state index in [4.69, 9.17) is 21.0 Å². The molecular weight excluding hydrogens is 552 g/mol. The molecule has 0 unspecified atom stereocenters. The Balaban J connectivity index is 1.13. The maximum Gasteiger partial charge on any atom is 0.234 e. The number of piperidine rings is 1. The molecular formula is C32H30N12. The number of hydrogen-bond donors (Lipinski definition) is 2. The maximum absolute atomic E-state index is 9.07. The molecule has 44 heavy (non-hydrogen) atoms. The predicted octanol–water partition coefficient (Wildman–Crippen LogP) is 4.20. The fourth-order valence-corrected chi connectivity index (χ4v) is 5.70. The highest BCUT2D eigenvalue weighted by atomic mass is 15.3. The SMILES string of the molecule is Cn1nccc1-c1ccc2nc(-c3cccnc3N)n(-c3ccc(CN4CCC(Nc5ccnc(C#N)n5)CC4)cc3)c2n1. The molecule has 0 spiro atoms. The van der Waals surface area contributed by atoms with Crippen LogP contribution in [0.1, 0.15) is 24.2 Å². The fourth-order valence-electron chi connectivity index (χ4n) is 5.70. The summed E-state index contributed by atoms with van der Waals surface area (Å²) in [5.41, 5.74) is 12.5. The molecule has 218 valence electrons. The highest BCUT2D eigenvalue weighted by Crippen LogP contribution is 2.32. The van der Waals surface area contributed by atoms with Crippen molar-refractivity contribution in [3.63, 3.8) is 0 Å². The van der Waals surface area contributed by atoms with Crippen LogP contribution >= 0.6 is 0 Å². The van der Waals surface area contributed by atoms with E-state index in [1.807, 2.05) is 58.8 Å². The minimum Gasteiger partial charge on any atom is -0.383 e. The van der Waals surface area contributed by atoms with Crippen molar-refractivity contribution in [1.82, 2.24) is 44.2 Å². The first kappa shape index (κ1) is 27.2. The Morgan fingerprint density at radius 1 is 0.932 bits per heavy atom. The Kier molecular flexibility index (Phi) is 7.13. The molecule has 5 aromatic heterocycles. The van der Waals surface area contributed by atoms with Crippen molar-refractivity contribution < 1.29 is 0 Å². The lowest BCUT2D eigenvalue weighted by atomic mass is 10.0. The normalized spacial score (nSPS) is 14.1. The van der Waals surface area contributed by atoms with E-state index in [9.17, 15) is 0 Å². The van der Waals surface area contributed by atoms with Gasteiger partial charge in [-0.1, -0.05) is 12.1 Å². The average Bonchev–Trinajstić information content (AvgIpc) is 3.65. The molecule has 12 heteroatoms. The van der Waals surface area contributed by atoms with Crippen molar-refractivity contribution in [3.8, 4) is 34.5 Å². The van der Waals surface area contributed by atoms with Crippen LogP contribution in [0.3, 0.4) is 0 Å². The Morgan fingerprint density at radius 2 is 1.77 bits per heavy atom. The molecule has 0 radical (unpaired) electrons. The van der Waals surface area contributed by atoms with Gasteiger partial charge in [0.15, 0.2) is 11.5 Å². The number of nitriles is 1. The summed E-state index contributed by atoms with van der Waals surface area (Å²) in [5, 5.41) is 16.8. The lowest BCUT2D eigenvalue weighted by Crippen LogP contribution is -2.38. The molecule has 1 saturated heterocycles. The van der Waals surface area contributed by atoms with Gasteiger partial charge in [0.2, 0.25) is 5.82 Å². The van der Waals surface area contributed by atoms with E-state index in [-0.39, 0.29) is 5.82 Å². The third-order valence-corrected chi connectivity index (χ3v) is 7.96. The van der Waals surface area contributed by atoms with Crippen LogP contribution in [-0.2, 0) is 13.6 Å². The number of likely N-dealkylation sites (tertiary alicyclic amines) is 1. The zero-order chi connectivity index (χ0) is 30.0. The van der Waals surface area contributed by atoms with E-state index >= 15 is 0 Å². The molecule has 1 fully saturated rings. The third-order valence-electron chi connectivity index (χ3n) is 7.96. The largest absolute Gasteiger partial charge is 0.383 e. The van der Waals surface area contributed by atoms with Crippen LogP contribution < -0.4 is 11.1 Å². The Labute approximate surface area is 253 Å². The van der Waals surface area contributed by atoms with E-state index in [1.165, 1.54) is 5.56 Å². The smallest absolute Gasteiger partial charge is 0.234 e. The molecule has 0 aliphatic carbocycles. The van der Waals surface area contributed by atoms with E-state index in [1.54, 1.807) is 18.6 Å². The van der Waals surface area contributed by atoms with Crippen LogP contribution in [0.4, 0.5) is 11.6 Å². The number of nitrogen functional groups attached to an aromatic ring is 1.